The summed E-state index contributed by atoms with van der Waals surface area (Å²) in [4.78, 5) is 8.93. The third-order valence-electron chi connectivity index (χ3n) is 2.65. The largest absolute Gasteiger partial charge is 0.319 e. The topological polar surface area (TPSA) is 51.8 Å². The number of nitrogens with zero attached hydrogens (tertiary/aromatic N) is 2. The van der Waals surface area contributed by atoms with Crippen LogP contribution >= 0.6 is 0 Å². The van der Waals surface area contributed by atoms with Crippen LogP contribution in [0.4, 0.5) is 0 Å². The number of rotatable bonds is 3. The zero-order valence-electron chi connectivity index (χ0n) is 8.88. The van der Waals surface area contributed by atoms with Crippen molar-refractivity contribution in [1.82, 2.24) is 9.97 Å². The molecule has 3 nitrogen and oxygen atoms in total. The predicted molar refractivity (Wildman–Crippen MR) is 55.9 cm³/mol. The van der Waals surface area contributed by atoms with E-state index in [1.165, 1.54) is 0 Å². The van der Waals surface area contributed by atoms with Crippen molar-refractivity contribution in [3.63, 3.8) is 0 Å². The first-order valence-electron chi connectivity index (χ1n) is 5.28. The van der Waals surface area contributed by atoms with Gasteiger partial charge in [0.1, 0.15) is 5.82 Å². The van der Waals surface area contributed by atoms with E-state index < -0.39 is 0 Å². The van der Waals surface area contributed by atoms with Crippen molar-refractivity contribution < 1.29 is 0 Å². The molecule has 0 aromatic carbocycles. The zero-order valence-corrected chi connectivity index (χ0v) is 8.88. The molecule has 0 atom stereocenters. The van der Waals surface area contributed by atoms with E-state index in [0.29, 0.717) is 0 Å². The molecular weight excluding hydrogens is 174 g/mol. The lowest BCUT2D eigenvalue weighted by Gasteiger charge is -2.09. The SMILES string of the molecule is CCCc1cc(C)nc(C2(N)CC2)n1. The molecule has 0 bridgehead atoms. The molecule has 14 heavy (non-hydrogen) atoms. The van der Waals surface area contributed by atoms with Crippen molar-refractivity contribution in [1.29, 1.82) is 0 Å². The van der Waals surface area contributed by atoms with Crippen LogP contribution in [0.15, 0.2) is 6.07 Å². The average molecular weight is 191 g/mol. The molecule has 0 radical (unpaired) electrons. The molecule has 2 N–H and O–H groups in total. The molecule has 0 spiro atoms. The molecule has 1 saturated carbocycles. The van der Waals surface area contributed by atoms with E-state index >= 15 is 0 Å². The summed E-state index contributed by atoms with van der Waals surface area (Å²) in [5, 5.41) is 0. The summed E-state index contributed by atoms with van der Waals surface area (Å²) in [7, 11) is 0. The molecule has 1 aliphatic rings. The minimum Gasteiger partial charge on any atom is -0.319 e. The molecule has 0 saturated heterocycles. The van der Waals surface area contributed by atoms with Crippen LogP contribution in [-0.4, -0.2) is 9.97 Å². The van der Waals surface area contributed by atoms with E-state index in [2.05, 4.69) is 23.0 Å². The van der Waals surface area contributed by atoms with Gasteiger partial charge >= 0.3 is 0 Å². The van der Waals surface area contributed by atoms with Gasteiger partial charge in [-0.05, 0) is 32.3 Å². The van der Waals surface area contributed by atoms with Gasteiger partial charge in [-0.15, -0.1) is 0 Å². The molecule has 1 aromatic rings. The normalized spacial score (nSPS) is 18.2. The third-order valence-corrected chi connectivity index (χ3v) is 2.65. The molecule has 76 valence electrons. The van der Waals surface area contributed by atoms with Crippen molar-refractivity contribution in [2.75, 3.05) is 0 Å². The maximum Gasteiger partial charge on any atom is 0.148 e. The highest BCUT2D eigenvalue weighted by Crippen LogP contribution is 2.40. The van der Waals surface area contributed by atoms with E-state index in [4.69, 9.17) is 5.73 Å². The van der Waals surface area contributed by atoms with E-state index in [-0.39, 0.29) is 5.54 Å². The number of aryl methyl sites for hydroxylation is 2. The van der Waals surface area contributed by atoms with Gasteiger partial charge in [-0.1, -0.05) is 13.3 Å². The van der Waals surface area contributed by atoms with Crippen molar-refractivity contribution in [2.24, 2.45) is 5.73 Å². The quantitative estimate of drug-likeness (QED) is 0.791. The molecular formula is C11H17N3. The Morgan fingerprint density at radius 2 is 2.14 bits per heavy atom. The van der Waals surface area contributed by atoms with Gasteiger partial charge in [-0.25, -0.2) is 9.97 Å². The van der Waals surface area contributed by atoms with E-state index in [9.17, 15) is 0 Å². The van der Waals surface area contributed by atoms with Gasteiger partial charge in [0.25, 0.3) is 0 Å². The summed E-state index contributed by atoms with van der Waals surface area (Å²) in [5.41, 5.74) is 8.05. The third kappa shape index (κ3) is 1.77. The van der Waals surface area contributed by atoms with E-state index in [0.717, 1.165) is 42.9 Å². The molecule has 1 aliphatic carbocycles. The highest BCUT2D eigenvalue weighted by molar-refractivity contribution is 5.19. The van der Waals surface area contributed by atoms with Crippen LogP contribution in [0, 0.1) is 6.92 Å². The molecule has 0 amide bonds. The first-order chi connectivity index (χ1) is 6.64. The number of aromatic nitrogens is 2. The van der Waals surface area contributed by atoms with Crippen LogP contribution in [-0.2, 0) is 12.0 Å². The van der Waals surface area contributed by atoms with Crippen LogP contribution in [0.3, 0.4) is 0 Å². The fraction of sp³-hybridized carbons (Fsp3) is 0.636. The molecule has 3 heteroatoms. The summed E-state index contributed by atoms with van der Waals surface area (Å²) in [5.74, 6) is 0.848. The minimum atomic E-state index is -0.200. The monoisotopic (exact) mass is 191 g/mol. The van der Waals surface area contributed by atoms with Gasteiger partial charge in [0.15, 0.2) is 0 Å². The van der Waals surface area contributed by atoms with Gasteiger partial charge in [-0.3, -0.25) is 0 Å². The Bertz CT molecular complexity index is 342. The summed E-state index contributed by atoms with van der Waals surface area (Å²) in [6.07, 6.45) is 4.20. The van der Waals surface area contributed by atoms with E-state index in [1.807, 2.05) is 6.92 Å². The Morgan fingerprint density at radius 3 is 2.71 bits per heavy atom. The van der Waals surface area contributed by atoms with Crippen molar-refractivity contribution >= 4 is 0 Å². The van der Waals surface area contributed by atoms with E-state index in [1.54, 1.807) is 0 Å². The van der Waals surface area contributed by atoms with Gasteiger partial charge in [0.2, 0.25) is 0 Å². The lowest BCUT2D eigenvalue weighted by molar-refractivity contribution is 0.656. The second-order valence-electron chi connectivity index (χ2n) is 4.23. The summed E-state index contributed by atoms with van der Waals surface area (Å²) >= 11 is 0. The zero-order chi connectivity index (χ0) is 10.2. The number of hydrogen-bond donors (Lipinski definition) is 1. The molecule has 1 heterocycles. The molecule has 0 aliphatic heterocycles. The smallest absolute Gasteiger partial charge is 0.148 e. The Hall–Kier alpha value is -0.960. The van der Waals surface area contributed by atoms with Crippen molar-refractivity contribution in [2.45, 2.75) is 45.1 Å². The fourth-order valence-corrected chi connectivity index (χ4v) is 1.60. The second kappa shape index (κ2) is 3.31. The lowest BCUT2D eigenvalue weighted by Crippen LogP contribution is -2.23. The van der Waals surface area contributed by atoms with Crippen LogP contribution in [0.25, 0.3) is 0 Å². The fourth-order valence-electron chi connectivity index (χ4n) is 1.60. The number of nitrogens with two attached hydrogens (primary N) is 1. The maximum atomic E-state index is 6.08. The van der Waals surface area contributed by atoms with Gasteiger partial charge in [0.05, 0.1) is 5.54 Å². The van der Waals surface area contributed by atoms with Crippen LogP contribution < -0.4 is 5.73 Å². The van der Waals surface area contributed by atoms with Crippen LogP contribution in [0.2, 0.25) is 0 Å². The summed E-state index contributed by atoms with van der Waals surface area (Å²) in [6.45, 7) is 4.17. The summed E-state index contributed by atoms with van der Waals surface area (Å²) < 4.78 is 0. The maximum absolute atomic E-state index is 6.08. The Labute approximate surface area is 84.8 Å². The summed E-state index contributed by atoms with van der Waals surface area (Å²) in [6, 6.07) is 2.05. The van der Waals surface area contributed by atoms with Gasteiger partial charge < -0.3 is 5.73 Å². The first kappa shape index (κ1) is 9.59. The lowest BCUT2D eigenvalue weighted by atomic mass is 10.2. The molecule has 1 aromatic heterocycles. The van der Waals surface area contributed by atoms with Crippen LogP contribution in [0.5, 0.6) is 0 Å². The highest BCUT2D eigenvalue weighted by Gasteiger charge is 2.43. The van der Waals surface area contributed by atoms with Gasteiger partial charge in [0, 0.05) is 11.4 Å². The minimum absolute atomic E-state index is 0.200. The Balaban J connectivity index is 2.32. The number of hydrogen-bond acceptors (Lipinski definition) is 3. The van der Waals surface area contributed by atoms with Crippen LogP contribution in [0.1, 0.15) is 43.4 Å². The molecule has 1 fully saturated rings. The first-order valence-corrected chi connectivity index (χ1v) is 5.28. The standard InChI is InChI=1S/C11H17N3/c1-3-4-9-7-8(2)13-10(14-9)11(12)5-6-11/h7H,3-6,12H2,1-2H3. The second-order valence-corrected chi connectivity index (χ2v) is 4.23. The van der Waals surface area contributed by atoms with Crippen molar-refractivity contribution in [3.8, 4) is 0 Å². The average Bonchev–Trinajstić information content (AvgIpc) is 2.85. The molecule has 2 rings (SSSR count). The van der Waals surface area contributed by atoms with Gasteiger partial charge in [-0.2, -0.15) is 0 Å². The Morgan fingerprint density at radius 1 is 1.43 bits per heavy atom. The Kier molecular flexibility index (Phi) is 2.27. The molecule has 0 unspecified atom stereocenters. The highest BCUT2D eigenvalue weighted by atomic mass is 15.0. The van der Waals surface area contributed by atoms with Crippen molar-refractivity contribution in [3.05, 3.63) is 23.3 Å². The predicted octanol–water partition coefficient (Wildman–Crippen LogP) is 1.69.